The van der Waals surface area contributed by atoms with E-state index in [9.17, 15) is 14.9 Å². The molecule has 0 aromatic heterocycles. The van der Waals surface area contributed by atoms with Crippen molar-refractivity contribution >= 4 is 11.6 Å². The van der Waals surface area contributed by atoms with Crippen molar-refractivity contribution in [1.29, 1.82) is 0 Å². The van der Waals surface area contributed by atoms with Crippen molar-refractivity contribution in [1.82, 2.24) is 5.32 Å². The number of amides is 1. The Morgan fingerprint density at radius 2 is 1.68 bits per heavy atom. The van der Waals surface area contributed by atoms with Gasteiger partial charge in [0.25, 0.3) is 5.91 Å². The fourth-order valence-electron chi connectivity index (χ4n) is 2.50. The molecule has 7 heteroatoms. The van der Waals surface area contributed by atoms with E-state index in [0.29, 0.717) is 18.1 Å². The standard InChI is InChI=1S/C21H18N2O5/c1-22-21(24)16-7-12-20(19(13-16)23(25)26)28-18-10-8-17(9-11-18)27-14-15-5-3-2-4-6-15/h2-13H,14H2,1H3,(H,22,24). The third-order valence-electron chi connectivity index (χ3n) is 3.94. The molecule has 0 heterocycles. The van der Waals surface area contributed by atoms with Crippen molar-refractivity contribution in [3.63, 3.8) is 0 Å². The molecule has 3 rings (SSSR count). The number of nitro benzene ring substituents is 1. The molecule has 0 aliphatic carbocycles. The second kappa shape index (κ2) is 8.68. The van der Waals surface area contributed by atoms with Crippen LogP contribution in [0, 0.1) is 10.1 Å². The van der Waals surface area contributed by atoms with Crippen molar-refractivity contribution in [2.75, 3.05) is 7.05 Å². The van der Waals surface area contributed by atoms with Crippen LogP contribution in [-0.2, 0) is 6.61 Å². The Morgan fingerprint density at radius 3 is 2.32 bits per heavy atom. The first-order chi connectivity index (χ1) is 13.6. The van der Waals surface area contributed by atoms with Gasteiger partial charge in [0.05, 0.1) is 4.92 Å². The molecule has 0 aliphatic rings. The quantitative estimate of drug-likeness (QED) is 0.488. The van der Waals surface area contributed by atoms with Crippen molar-refractivity contribution < 1.29 is 19.2 Å². The van der Waals surface area contributed by atoms with Crippen LogP contribution in [0.1, 0.15) is 15.9 Å². The van der Waals surface area contributed by atoms with Crippen LogP contribution in [0.5, 0.6) is 17.2 Å². The Balaban J connectivity index is 1.71. The predicted molar refractivity (Wildman–Crippen MR) is 104 cm³/mol. The van der Waals surface area contributed by atoms with E-state index in [0.717, 1.165) is 5.56 Å². The van der Waals surface area contributed by atoms with Crippen molar-refractivity contribution in [3.8, 4) is 17.2 Å². The highest BCUT2D eigenvalue weighted by Gasteiger charge is 2.19. The summed E-state index contributed by atoms with van der Waals surface area (Å²) in [4.78, 5) is 22.4. The molecule has 0 radical (unpaired) electrons. The summed E-state index contributed by atoms with van der Waals surface area (Å²) in [7, 11) is 1.46. The first-order valence-corrected chi connectivity index (χ1v) is 8.52. The van der Waals surface area contributed by atoms with Gasteiger partial charge in [-0.25, -0.2) is 0 Å². The van der Waals surface area contributed by atoms with Crippen molar-refractivity contribution in [3.05, 3.63) is 94.0 Å². The molecular weight excluding hydrogens is 360 g/mol. The van der Waals surface area contributed by atoms with Crippen LogP contribution >= 0.6 is 0 Å². The Morgan fingerprint density at radius 1 is 1.00 bits per heavy atom. The highest BCUT2D eigenvalue weighted by Crippen LogP contribution is 2.33. The zero-order valence-electron chi connectivity index (χ0n) is 15.1. The fraction of sp³-hybridized carbons (Fsp3) is 0.0952. The van der Waals surface area contributed by atoms with E-state index in [-0.39, 0.29) is 17.0 Å². The number of hydrogen-bond donors (Lipinski definition) is 1. The normalized spacial score (nSPS) is 10.2. The number of rotatable bonds is 7. The van der Waals surface area contributed by atoms with Crippen LogP contribution in [0.3, 0.4) is 0 Å². The first kappa shape index (κ1) is 18.9. The summed E-state index contributed by atoms with van der Waals surface area (Å²) in [5.74, 6) is 0.716. The van der Waals surface area contributed by atoms with Gasteiger partial charge < -0.3 is 14.8 Å². The Labute approximate surface area is 161 Å². The Bertz CT molecular complexity index is 972. The summed E-state index contributed by atoms with van der Waals surface area (Å²) in [6, 6.07) is 20.6. The second-order valence-electron chi connectivity index (χ2n) is 5.87. The lowest BCUT2D eigenvalue weighted by molar-refractivity contribution is -0.385. The number of benzene rings is 3. The van der Waals surface area contributed by atoms with Crippen LogP contribution in [0.15, 0.2) is 72.8 Å². The van der Waals surface area contributed by atoms with Gasteiger partial charge in [0.1, 0.15) is 18.1 Å². The number of carbonyl (C=O) groups excluding carboxylic acids is 1. The van der Waals surface area contributed by atoms with Crippen LogP contribution in [-0.4, -0.2) is 17.9 Å². The summed E-state index contributed by atoms with van der Waals surface area (Å²) in [6.07, 6.45) is 0. The third-order valence-corrected chi connectivity index (χ3v) is 3.94. The number of hydrogen-bond acceptors (Lipinski definition) is 5. The number of ether oxygens (including phenoxy) is 2. The van der Waals surface area contributed by atoms with Gasteiger partial charge in [-0.2, -0.15) is 0 Å². The lowest BCUT2D eigenvalue weighted by atomic mass is 10.1. The zero-order chi connectivity index (χ0) is 19.9. The summed E-state index contributed by atoms with van der Waals surface area (Å²) in [6.45, 7) is 0.438. The van der Waals surface area contributed by atoms with Crippen molar-refractivity contribution in [2.24, 2.45) is 0 Å². The Kier molecular flexibility index (Phi) is 5.86. The largest absolute Gasteiger partial charge is 0.489 e. The first-order valence-electron chi connectivity index (χ1n) is 8.52. The lowest BCUT2D eigenvalue weighted by Gasteiger charge is -2.09. The summed E-state index contributed by atoms with van der Waals surface area (Å²) < 4.78 is 11.3. The molecular formula is C21H18N2O5. The Hall–Kier alpha value is -3.87. The van der Waals surface area contributed by atoms with E-state index >= 15 is 0 Å². The maximum absolute atomic E-state index is 11.7. The van der Waals surface area contributed by atoms with Crippen LogP contribution < -0.4 is 14.8 Å². The highest BCUT2D eigenvalue weighted by atomic mass is 16.6. The summed E-state index contributed by atoms with van der Waals surface area (Å²) in [5, 5.41) is 13.8. The monoisotopic (exact) mass is 378 g/mol. The molecule has 1 N–H and O–H groups in total. The summed E-state index contributed by atoms with van der Waals surface area (Å²) >= 11 is 0. The predicted octanol–water partition coefficient (Wildman–Crippen LogP) is 4.33. The SMILES string of the molecule is CNC(=O)c1ccc(Oc2ccc(OCc3ccccc3)cc2)c([N+](=O)[O-])c1. The molecule has 0 aliphatic heterocycles. The molecule has 1 amide bonds. The maximum Gasteiger partial charge on any atom is 0.312 e. The van der Waals surface area contributed by atoms with Gasteiger partial charge in [0, 0.05) is 18.7 Å². The molecule has 0 saturated heterocycles. The van der Waals surface area contributed by atoms with Crippen LogP contribution in [0.4, 0.5) is 5.69 Å². The molecule has 0 bridgehead atoms. The van der Waals surface area contributed by atoms with E-state index in [1.54, 1.807) is 24.3 Å². The van der Waals surface area contributed by atoms with Gasteiger partial charge in [0.15, 0.2) is 0 Å². The minimum Gasteiger partial charge on any atom is -0.489 e. The van der Waals surface area contributed by atoms with Gasteiger partial charge in [-0.3, -0.25) is 14.9 Å². The van der Waals surface area contributed by atoms with Gasteiger partial charge in [0.2, 0.25) is 5.75 Å². The molecule has 3 aromatic rings. The molecule has 0 unspecified atom stereocenters. The van der Waals surface area contributed by atoms with Gasteiger partial charge in [-0.05, 0) is 42.0 Å². The number of carbonyl (C=O) groups is 1. The topological polar surface area (TPSA) is 90.7 Å². The lowest BCUT2D eigenvalue weighted by Crippen LogP contribution is -2.17. The van der Waals surface area contributed by atoms with E-state index in [2.05, 4.69) is 5.32 Å². The second-order valence-corrected chi connectivity index (χ2v) is 5.87. The average Bonchev–Trinajstić information content (AvgIpc) is 2.73. The molecule has 28 heavy (non-hydrogen) atoms. The zero-order valence-corrected chi connectivity index (χ0v) is 15.1. The van der Waals surface area contributed by atoms with Crippen LogP contribution in [0.2, 0.25) is 0 Å². The van der Waals surface area contributed by atoms with Crippen molar-refractivity contribution in [2.45, 2.75) is 6.61 Å². The smallest absolute Gasteiger partial charge is 0.312 e. The molecule has 7 nitrogen and oxygen atoms in total. The summed E-state index contributed by atoms with van der Waals surface area (Å²) in [5.41, 5.74) is 0.950. The number of nitrogens with one attached hydrogen (secondary N) is 1. The number of nitrogens with zero attached hydrogens (tertiary/aromatic N) is 1. The molecule has 0 fully saturated rings. The molecule has 0 spiro atoms. The number of nitro groups is 1. The fourth-order valence-corrected chi connectivity index (χ4v) is 2.50. The maximum atomic E-state index is 11.7. The van der Waals surface area contributed by atoms with E-state index in [1.165, 1.54) is 25.2 Å². The molecule has 142 valence electrons. The minimum atomic E-state index is -0.584. The van der Waals surface area contributed by atoms with Gasteiger partial charge in [-0.15, -0.1) is 0 Å². The van der Waals surface area contributed by atoms with E-state index in [1.807, 2.05) is 30.3 Å². The van der Waals surface area contributed by atoms with E-state index in [4.69, 9.17) is 9.47 Å². The minimum absolute atomic E-state index is 0.0515. The average molecular weight is 378 g/mol. The highest BCUT2D eigenvalue weighted by molar-refractivity contribution is 5.95. The third kappa shape index (κ3) is 4.64. The molecule has 0 atom stereocenters. The molecule has 3 aromatic carbocycles. The molecule has 0 saturated carbocycles. The van der Waals surface area contributed by atoms with Gasteiger partial charge in [-0.1, -0.05) is 30.3 Å². The van der Waals surface area contributed by atoms with Crippen LogP contribution in [0.25, 0.3) is 0 Å². The van der Waals surface area contributed by atoms with Gasteiger partial charge >= 0.3 is 5.69 Å². The van der Waals surface area contributed by atoms with E-state index < -0.39 is 10.8 Å².